The second-order valence-electron chi connectivity index (χ2n) is 6.82. The Morgan fingerprint density at radius 1 is 0.968 bits per heavy atom. The minimum Gasteiger partial charge on any atom is -0.493 e. The molecule has 0 saturated heterocycles. The Balaban J connectivity index is 1.61. The number of aryl methyl sites for hydroxylation is 1. The van der Waals surface area contributed by atoms with E-state index < -0.39 is 0 Å². The van der Waals surface area contributed by atoms with Gasteiger partial charge >= 0.3 is 0 Å². The van der Waals surface area contributed by atoms with Crippen LogP contribution in [-0.2, 0) is 4.79 Å². The maximum Gasteiger partial charge on any atom is 0.262 e. The van der Waals surface area contributed by atoms with Crippen molar-refractivity contribution >= 4 is 35.1 Å². The first-order valence-corrected chi connectivity index (χ1v) is 9.98. The van der Waals surface area contributed by atoms with E-state index in [0.717, 1.165) is 11.1 Å². The third-order valence-electron chi connectivity index (χ3n) is 4.44. The van der Waals surface area contributed by atoms with Crippen molar-refractivity contribution in [3.8, 4) is 11.5 Å². The zero-order valence-electron chi connectivity index (χ0n) is 17.2. The molecule has 3 rings (SSSR count). The molecule has 1 N–H and O–H groups in total. The molecule has 31 heavy (non-hydrogen) atoms. The molecule has 1 amide bonds. The van der Waals surface area contributed by atoms with E-state index in [1.165, 1.54) is 13.2 Å². The average Bonchev–Trinajstić information content (AvgIpc) is 2.78. The second kappa shape index (κ2) is 10.5. The lowest BCUT2D eigenvalue weighted by Crippen LogP contribution is -2.20. The Morgan fingerprint density at radius 3 is 2.35 bits per heavy atom. The Kier molecular flexibility index (Phi) is 7.46. The second-order valence-corrected chi connectivity index (χ2v) is 7.25. The Morgan fingerprint density at radius 2 is 1.68 bits per heavy atom. The number of anilines is 1. The first kappa shape index (κ1) is 22.1. The highest BCUT2D eigenvalue weighted by Crippen LogP contribution is 2.28. The fraction of sp³-hybridized carbons (Fsp3) is 0.120. The summed E-state index contributed by atoms with van der Waals surface area (Å²) in [6.07, 6.45) is 3.17. The van der Waals surface area contributed by atoms with Crippen molar-refractivity contribution < 1.29 is 19.1 Å². The molecule has 158 valence electrons. The van der Waals surface area contributed by atoms with Crippen LogP contribution in [-0.4, -0.2) is 25.4 Å². The fourth-order valence-electron chi connectivity index (χ4n) is 2.77. The monoisotopic (exact) mass is 435 g/mol. The SMILES string of the molecule is COc1cc(/C=C/C(=O)c2ccc(Cl)cc2)ccc1OCC(=O)Nc1ccc(C)cc1. The highest BCUT2D eigenvalue weighted by atomic mass is 35.5. The number of benzene rings is 3. The summed E-state index contributed by atoms with van der Waals surface area (Å²) in [4.78, 5) is 24.4. The lowest BCUT2D eigenvalue weighted by atomic mass is 10.1. The number of methoxy groups -OCH3 is 1. The summed E-state index contributed by atoms with van der Waals surface area (Å²) in [5, 5.41) is 3.36. The van der Waals surface area contributed by atoms with E-state index in [2.05, 4.69) is 5.32 Å². The van der Waals surface area contributed by atoms with Crippen molar-refractivity contribution in [1.29, 1.82) is 0 Å². The van der Waals surface area contributed by atoms with Crippen molar-refractivity contribution in [2.24, 2.45) is 0 Å². The molecule has 5 nitrogen and oxygen atoms in total. The summed E-state index contributed by atoms with van der Waals surface area (Å²) in [5.41, 5.74) is 3.13. The minimum absolute atomic E-state index is 0.135. The number of halogens is 1. The number of hydrogen-bond donors (Lipinski definition) is 1. The van der Waals surface area contributed by atoms with Crippen LogP contribution in [0.2, 0.25) is 5.02 Å². The molecule has 0 fully saturated rings. The van der Waals surface area contributed by atoms with Crippen LogP contribution in [0.4, 0.5) is 5.69 Å². The fourth-order valence-corrected chi connectivity index (χ4v) is 2.89. The first-order chi connectivity index (χ1) is 14.9. The van der Waals surface area contributed by atoms with Gasteiger partial charge in [0.1, 0.15) is 0 Å². The predicted molar refractivity (Wildman–Crippen MR) is 123 cm³/mol. The number of nitrogens with one attached hydrogen (secondary N) is 1. The third kappa shape index (κ3) is 6.46. The predicted octanol–water partition coefficient (Wildman–Crippen LogP) is 5.57. The molecule has 0 atom stereocenters. The smallest absolute Gasteiger partial charge is 0.262 e. The number of ether oxygens (including phenoxy) is 2. The number of ketones is 1. The van der Waals surface area contributed by atoms with E-state index in [1.807, 2.05) is 31.2 Å². The number of amides is 1. The molecule has 0 aromatic heterocycles. The molecule has 0 aliphatic rings. The van der Waals surface area contributed by atoms with Gasteiger partial charge in [-0.3, -0.25) is 9.59 Å². The lowest BCUT2D eigenvalue weighted by molar-refractivity contribution is -0.118. The standard InChI is InChI=1S/C25H22ClNO4/c1-17-3-11-21(12-4-17)27-25(29)16-31-23-14-6-18(15-24(23)30-2)5-13-22(28)19-7-9-20(26)10-8-19/h3-15H,16H2,1-2H3,(H,27,29)/b13-5+. The van der Waals surface area contributed by atoms with Gasteiger partial charge < -0.3 is 14.8 Å². The summed E-state index contributed by atoms with van der Waals surface area (Å²) < 4.78 is 11.0. The number of hydrogen-bond acceptors (Lipinski definition) is 4. The Hall–Kier alpha value is -3.57. The first-order valence-electron chi connectivity index (χ1n) is 9.60. The van der Waals surface area contributed by atoms with Gasteiger partial charge in [0, 0.05) is 16.3 Å². The van der Waals surface area contributed by atoms with Crippen molar-refractivity contribution in [1.82, 2.24) is 0 Å². The number of carbonyl (C=O) groups is 2. The van der Waals surface area contributed by atoms with E-state index in [1.54, 1.807) is 48.5 Å². The summed E-state index contributed by atoms with van der Waals surface area (Å²) >= 11 is 5.85. The highest BCUT2D eigenvalue weighted by Gasteiger charge is 2.09. The molecule has 3 aromatic rings. The number of rotatable bonds is 8. The third-order valence-corrected chi connectivity index (χ3v) is 4.69. The Bertz CT molecular complexity index is 1090. The van der Waals surface area contributed by atoms with E-state index >= 15 is 0 Å². The molecule has 3 aromatic carbocycles. The van der Waals surface area contributed by atoms with E-state index in [-0.39, 0.29) is 18.3 Å². The van der Waals surface area contributed by atoms with Crippen LogP contribution < -0.4 is 14.8 Å². The zero-order valence-corrected chi connectivity index (χ0v) is 18.0. The maximum atomic E-state index is 12.3. The molecule has 6 heteroatoms. The Labute approximate surface area is 186 Å². The van der Waals surface area contributed by atoms with Crippen molar-refractivity contribution in [2.45, 2.75) is 6.92 Å². The topological polar surface area (TPSA) is 64.6 Å². The molecule has 0 aliphatic carbocycles. The van der Waals surface area contributed by atoms with Crippen LogP contribution in [0.1, 0.15) is 21.5 Å². The van der Waals surface area contributed by atoms with Crippen LogP contribution in [0.25, 0.3) is 6.08 Å². The quantitative estimate of drug-likeness (QED) is 0.371. The largest absolute Gasteiger partial charge is 0.493 e. The van der Waals surface area contributed by atoms with E-state index in [0.29, 0.717) is 27.8 Å². The van der Waals surface area contributed by atoms with Gasteiger partial charge in [-0.1, -0.05) is 41.4 Å². The highest BCUT2D eigenvalue weighted by molar-refractivity contribution is 6.30. The van der Waals surface area contributed by atoms with Gasteiger partial charge in [-0.25, -0.2) is 0 Å². The molecule has 0 heterocycles. The van der Waals surface area contributed by atoms with Crippen molar-refractivity contribution in [2.75, 3.05) is 19.0 Å². The number of carbonyl (C=O) groups excluding carboxylic acids is 2. The molecule has 0 aliphatic heterocycles. The maximum absolute atomic E-state index is 12.3. The van der Waals surface area contributed by atoms with Crippen molar-refractivity contribution in [3.63, 3.8) is 0 Å². The normalized spacial score (nSPS) is 10.7. The van der Waals surface area contributed by atoms with Crippen LogP contribution in [0, 0.1) is 6.92 Å². The van der Waals surface area contributed by atoms with Crippen LogP contribution in [0.5, 0.6) is 11.5 Å². The van der Waals surface area contributed by atoms with Gasteiger partial charge in [-0.05, 0) is 67.1 Å². The molecular formula is C25H22ClNO4. The van der Waals surface area contributed by atoms with Gasteiger partial charge in [-0.2, -0.15) is 0 Å². The van der Waals surface area contributed by atoms with Gasteiger partial charge in [0.25, 0.3) is 5.91 Å². The summed E-state index contributed by atoms with van der Waals surface area (Å²) in [6.45, 7) is 1.82. The lowest BCUT2D eigenvalue weighted by Gasteiger charge is -2.11. The summed E-state index contributed by atoms with van der Waals surface area (Å²) in [5.74, 6) is 0.485. The molecule has 0 bridgehead atoms. The summed E-state index contributed by atoms with van der Waals surface area (Å²) in [6, 6.07) is 19.4. The van der Waals surface area contributed by atoms with Crippen molar-refractivity contribution in [3.05, 3.63) is 94.5 Å². The van der Waals surface area contributed by atoms with E-state index in [9.17, 15) is 9.59 Å². The van der Waals surface area contributed by atoms with Gasteiger partial charge in [-0.15, -0.1) is 0 Å². The van der Waals surface area contributed by atoms with Gasteiger partial charge in [0.05, 0.1) is 7.11 Å². The number of allylic oxidation sites excluding steroid dienone is 1. The van der Waals surface area contributed by atoms with Gasteiger partial charge in [0.2, 0.25) is 0 Å². The van der Waals surface area contributed by atoms with E-state index in [4.69, 9.17) is 21.1 Å². The minimum atomic E-state index is -0.275. The zero-order chi connectivity index (χ0) is 22.2. The van der Waals surface area contributed by atoms with Crippen LogP contribution >= 0.6 is 11.6 Å². The molecule has 0 radical (unpaired) electrons. The molecule has 0 unspecified atom stereocenters. The van der Waals surface area contributed by atoms with Crippen LogP contribution in [0.3, 0.4) is 0 Å². The molecule has 0 saturated carbocycles. The average molecular weight is 436 g/mol. The summed E-state index contributed by atoms with van der Waals surface area (Å²) in [7, 11) is 1.51. The molecule has 0 spiro atoms. The molecular weight excluding hydrogens is 414 g/mol. The van der Waals surface area contributed by atoms with Crippen LogP contribution in [0.15, 0.2) is 72.8 Å². The van der Waals surface area contributed by atoms with Gasteiger partial charge in [0.15, 0.2) is 23.9 Å².